The first-order chi connectivity index (χ1) is 9.29. The minimum atomic E-state index is -3.00. The predicted octanol–water partition coefficient (Wildman–Crippen LogP) is 2.89. The zero-order chi connectivity index (χ0) is 14.9. The lowest BCUT2D eigenvalue weighted by Crippen LogP contribution is -2.34. The first-order valence-corrected chi connectivity index (χ1v) is 9.46. The molecule has 1 aliphatic rings. The summed E-state index contributed by atoms with van der Waals surface area (Å²) in [4.78, 5) is 2.03. The van der Waals surface area contributed by atoms with Gasteiger partial charge in [-0.15, -0.1) is 0 Å². The lowest BCUT2D eigenvalue weighted by Gasteiger charge is -2.25. The van der Waals surface area contributed by atoms with Crippen molar-refractivity contribution >= 4 is 37.1 Å². The van der Waals surface area contributed by atoms with Gasteiger partial charge >= 0.3 is 0 Å². The minimum Gasteiger partial charge on any atom is -0.379 e. The summed E-state index contributed by atoms with van der Waals surface area (Å²) >= 11 is 3.47. The molecule has 2 unspecified atom stereocenters. The highest BCUT2D eigenvalue weighted by molar-refractivity contribution is 9.10. The van der Waals surface area contributed by atoms with Gasteiger partial charge in [0.25, 0.3) is 0 Å². The summed E-state index contributed by atoms with van der Waals surface area (Å²) in [6, 6.07) is 6.02. The number of anilines is 2. The molecule has 1 aromatic carbocycles. The second kappa shape index (κ2) is 5.93. The summed E-state index contributed by atoms with van der Waals surface area (Å²) < 4.78 is 24.7. The highest BCUT2D eigenvalue weighted by Crippen LogP contribution is 2.33. The number of hydrogen-bond donors (Lipinski definition) is 1. The van der Waals surface area contributed by atoms with Gasteiger partial charge in [0, 0.05) is 30.9 Å². The molecule has 1 N–H and O–H groups in total. The molecule has 0 amide bonds. The maximum Gasteiger partial charge on any atom is 0.152 e. The van der Waals surface area contributed by atoms with Gasteiger partial charge in [-0.05, 0) is 37.5 Å². The van der Waals surface area contributed by atoms with Crippen molar-refractivity contribution in [3.8, 4) is 0 Å². The standard InChI is InChI=1S/C14H21BrN2O2S/c1-17(2)13-8-7-10(15)9-12(13)16-11-5-4-6-14(11)20(3,18)19/h7-9,11,14,16H,4-6H2,1-3H3. The van der Waals surface area contributed by atoms with Crippen molar-refractivity contribution in [1.82, 2.24) is 0 Å². The van der Waals surface area contributed by atoms with Crippen LogP contribution in [0.3, 0.4) is 0 Å². The third-order valence-corrected chi connectivity index (χ3v) is 5.94. The van der Waals surface area contributed by atoms with E-state index in [1.54, 1.807) is 0 Å². The molecular weight excluding hydrogens is 340 g/mol. The average molecular weight is 361 g/mol. The Bertz CT molecular complexity index is 587. The van der Waals surface area contributed by atoms with Crippen molar-refractivity contribution in [3.63, 3.8) is 0 Å². The van der Waals surface area contributed by atoms with E-state index < -0.39 is 9.84 Å². The molecule has 1 fully saturated rings. The molecule has 0 heterocycles. The van der Waals surface area contributed by atoms with Crippen LogP contribution in [0.4, 0.5) is 11.4 Å². The van der Waals surface area contributed by atoms with Crippen molar-refractivity contribution in [2.45, 2.75) is 30.6 Å². The smallest absolute Gasteiger partial charge is 0.152 e. The number of hydrogen-bond acceptors (Lipinski definition) is 4. The first kappa shape index (κ1) is 15.6. The Balaban J connectivity index is 2.27. The molecule has 6 heteroatoms. The Morgan fingerprint density at radius 1 is 1.30 bits per heavy atom. The van der Waals surface area contributed by atoms with Crippen molar-refractivity contribution in [1.29, 1.82) is 0 Å². The van der Waals surface area contributed by atoms with E-state index in [0.717, 1.165) is 35.1 Å². The Morgan fingerprint density at radius 2 is 2.00 bits per heavy atom. The summed E-state index contributed by atoms with van der Waals surface area (Å²) in [5.41, 5.74) is 2.04. The Kier molecular flexibility index (Phi) is 4.64. The van der Waals surface area contributed by atoms with Crippen LogP contribution in [0.1, 0.15) is 19.3 Å². The maximum atomic E-state index is 11.9. The van der Waals surface area contributed by atoms with E-state index in [0.29, 0.717) is 0 Å². The van der Waals surface area contributed by atoms with Gasteiger partial charge in [0.1, 0.15) is 0 Å². The SMILES string of the molecule is CN(C)c1ccc(Br)cc1NC1CCCC1S(C)(=O)=O. The first-order valence-electron chi connectivity index (χ1n) is 6.71. The highest BCUT2D eigenvalue weighted by Gasteiger charge is 2.35. The molecule has 1 aromatic rings. The van der Waals surface area contributed by atoms with Crippen LogP contribution in [0.25, 0.3) is 0 Å². The van der Waals surface area contributed by atoms with Crippen molar-refractivity contribution < 1.29 is 8.42 Å². The average Bonchev–Trinajstić information content (AvgIpc) is 2.76. The monoisotopic (exact) mass is 360 g/mol. The number of nitrogens with zero attached hydrogens (tertiary/aromatic N) is 1. The van der Waals surface area contributed by atoms with Gasteiger partial charge in [-0.2, -0.15) is 0 Å². The molecule has 0 spiro atoms. The quantitative estimate of drug-likeness (QED) is 0.896. The molecule has 0 bridgehead atoms. The number of sulfone groups is 1. The number of rotatable bonds is 4. The lowest BCUT2D eigenvalue weighted by atomic mass is 10.2. The van der Waals surface area contributed by atoms with E-state index in [-0.39, 0.29) is 11.3 Å². The number of halogens is 1. The highest BCUT2D eigenvalue weighted by atomic mass is 79.9. The zero-order valence-electron chi connectivity index (χ0n) is 12.1. The van der Waals surface area contributed by atoms with Crippen LogP contribution in [0.15, 0.2) is 22.7 Å². The molecule has 112 valence electrons. The van der Waals surface area contributed by atoms with Gasteiger partial charge < -0.3 is 10.2 Å². The fourth-order valence-electron chi connectivity index (χ4n) is 2.82. The maximum absolute atomic E-state index is 11.9. The van der Waals surface area contributed by atoms with Crippen LogP contribution in [-0.4, -0.2) is 40.1 Å². The molecule has 0 saturated heterocycles. The molecular formula is C14H21BrN2O2S. The Morgan fingerprint density at radius 3 is 2.60 bits per heavy atom. The third kappa shape index (κ3) is 3.47. The summed E-state index contributed by atoms with van der Waals surface area (Å²) in [6.45, 7) is 0. The van der Waals surface area contributed by atoms with Crippen LogP contribution >= 0.6 is 15.9 Å². The van der Waals surface area contributed by atoms with Crippen molar-refractivity contribution in [3.05, 3.63) is 22.7 Å². The molecule has 2 atom stereocenters. The summed E-state index contributed by atoms with van der Waals surface area (Å²) in [5, 5.41) is 3.16. The lowest BCUT2D eigenvalue weighted by molar-refractivity contribution is 0.579. The van der Waals surface area contributed by atoms with E-state index in [1.165, 1.54) is 6.26 Å². The summed E-state index contributed by atoms with van der Waals surface area (Å²) in [5.74, 6) is 0. The van der Waals surface area contributed by atoms with Gasteiger partial charge in [0.15, 0.2) is 9.84 Å². The largest absolute Gasteiger partial charge is 0.379 e. The van der Waals surface area contributed by atoms with E-state index >= 15 is 0 Å². The van der Waals surface area contributed by atoms with Crippen molar-refractivity contribution in [2.75, 3.05) is 30.6 Å². The normalized spacial score (nSPS) is 22.8. The van der Waals surface area contributed by atoms with Crippen LogP contribution in [-0.2, 0) is 9.84 Å². The summed E-state index contributed by atoms with van der Waals surface area (Å²) in [7, 11) is 0.964. The van der Waals surface area contributed by atoms with Gasteiger partial charge in [0.05, 0.1) is 16.6 Å². The molecule has 0 aliphatic heterocycles. The second-order valence-electron chi connectivity index (χ2n) is 5.61. The molecule has 2 rings (SSSR count). The van der Waals surface area contributed by atoms with E-state index in [1.807, 2.05) is 37.2 Å². The van der Waals surface area contributed by atoms with Crippen LogP contribution in [0.2, 0.25) is 0 Å². The minimum absolute atomic E-state index is 0.00185. The number of benzene rings is 1. The van der Waals surface area contributed by atoms with Crippen LogP contribution in [0.5, 0.6) is 0 Å². The molecule has 4 nitrogen and oxygen atoms in total. The van der Waals surface area contributed by atoms with Gasteiger partial charge in [-0.25, -0.2) is 8.42 Å². The van der Waals surface area contributed by atoms with Crippen LogP contribution in [0, 0.1) is 0 Å². The number of nitrogens with one attached hydrogen (secondary N) is 1. The Labute approximate surface area is 129 Å². The zero-order valence-corrected chi connectivity index (χ0v) is 14.5. The second-order valence-corrected chi connectivity index (χ2v) is 8.79. The molecule has 1 saturated carbocycles. The topological polar surface area (TPSA) is 49.4 Å². The van der Waals surface area contributed by atoms with Crippen molar-refractivity contribution in [2.24, 2.45) is 0 Å². The van der Waals surface area contributed by atoms with E-state index in [4.69, 9.17) is 0 Å². The van der Waals surface area contributed by atoms with Gasteiger partial charge in [-0.1, -0.05) is 15.9 Å². The fourth-order valence-corrected chi connectivity index (χ4v) is 4.57. The van der Waals surface area contributed by atoms with Crippen LogP contribution < -0.4 is 10.2 Å². The molecule has 20 heavy (non-hydrogen) atoms. The molecule has 0 aromatic heterocycles. The van der Waals surface area contributed by atoms with E-state index in [2.05, 4.69) is 21.2 Å². The predicted molar refractivity (Wildman–Crippen MR) is 88.4 cm³/mol. The van der Waals surface area contributed by atoms with Gasteiger partial charge in [-0.3, -0.25) is 0 Å². The van der Waals surface area contributed by atoms with E-state index in [9.17, 15) is 8.42 Å². The fraction of sp³-hybridized carbons (Fsp3) is 0.571. The summed E-state index contributed by atoms with van der Waals surface area (Å²) in [6.07, 6.45) is 3.95. The Hall–Kier alpha value is -0.750. The third-order valence-electron chi connectivity index (χ3n) is 3.78. The molecule has 0 radical (unpaired) electrons. The molecule has 1 aliphatic carbocycles. The van der Waals surface area contributed by atoms with Gasteiger partial charge in [0.2, 0.25) is 0 Å².